The predicted octanol–water partition coefficient (Wildman–Crippen LogP) is 1.51. The predicted molar refractivity (Wildman–Crippen MR) is 46.7 cm³/mol. The van der Waals surface area contributed by atoms with E-state index >= 15 is 0 Å². The molecule has 2 heteroatoms. The highest BCUT2D eigenvalue weighted by molar-refractivity contribution is 4.81. The maximum Gasteiger partial charge on any atom is 0.0835 e. The van der Waals surface area contributed by atoms with Crippen molar-refractivity contribution in [3.05, 3.63) is 0 Å². The van der Waals surface area contributed by atoms with Crippen molar-refractivity contribution >= 4 is 0 Å². The molecule has 66 valence electrons. The molecule has 11 heavy (non-hydrogen) atoms. The van der Waals surface area contributed by atoms with E-state index in [1.165, 1.54) is 0 Å². The van der Waals surface area contributed by atoms with E-state index in [2.05, 4.69) is 32.6 Å². The lowest BCUT2D eigenvalue weighted by atomic mass is 10.1. The molecule has 1 fully saturated rings. The molecule has 0 aromatic rings. The third-order valence-electron chi connectivity index (χ3n) is 1.89. The summed E-state index contributed by atoms with van der Waals surface area (Å²) in [5.41, 5.74) is 0.0322. The summed E-state index contributed by atoms with van der Waals surface area (Å²) in [6, 6.07) is 0. The Balaban J connectivity index is 2.14. The van der Waals surface area contributed by atoms with E-state index in [1.807, 2.05) is 0 Å². The van der Waals surface area contributed by atoms with Crippen molar-refractivity contribution in [2.45, 2.75) is 39.4 Å². The Hall–Kier alpha value is -0.0800. The first-order chi connectivity index (χ1) is 5.01. The Bertz CT molecular complexity index is 122. The quantitative estimate of drug-likeness (QED) is 0.602. The van der Waals surface area contributed by atoms with Crippen LogP contribution in [0.25, 0.3) is 0 Å². The van der Waals surface area contributed by atoms with Gasteiger partial charge in [0.05, 0.1) is 11.7 Å². The fourth-order valence-electron chi connectivity index (χ4n) is 1.36. The fourth-order valence-corrected chi connectivity index (χ4v) is 1.36. The normalized spacial score (nSPS) is 21.8. The van der Waals surface area contributed by atoms with Gasteiger partial charge in [0.1, 0.15) is 0 Å². The molecule has 0 atom stereocenters. The van der Waals surface area contributed by atoms with E-state index in [0.717, 1.165) is 19.6 Å². The summed E-state index contributed by atoms with van der Waals surface area (Å²) in [7, 11) is 0. The molecule has 0 amide bonds. The van der Waals surface area contributed by atoms with Crippen molar-refractivity contribution < 1.29 is 4.74 Å². The van der Waals surface area contributed by atoms with Crippen LogP contribution in [0.4, 0.5) is 0 Å². The van der Waals surface area contributed by atoms with E-state index < -0.39 is 0 Å². The number of hydrogen-bond donors (Lipinski definition) is 0. The van der Waals surface area contributed by atoms with Gasteiger partial charge in [-0.15, -0.1) is 0 Å². The van der Waals surface area contributed by atoms with Crippen LogP contribution < -0.4 is 0 Å². The maximum absolute atomic E-state index is 5.76. The Morgan fingerprint density at radius 2 is 1.91 bits per heavy atom. The number of hydrogen-bond acceptors (Lipinski definition) is 2. The molecule has 0 aromatic carbocycles. The number of rotatable bonds is 2. The first-order valence-corrected chi connectivity index (χ1v) is 4.41. The molecule has 0 saturated carbocycles. The summed E-state index contributed by atoms with van der Waals surface area (Å²) < 4.78 is 5.76. The van der Waals surface area contributed by atoms with Crippen molar-refractivity contribution in [1.82, 2.24) is 4.90 Å². The monoisotopic (exact) mass is 157 g/mol. The molecule has 1 aliphatic rings. The van der Waals surface area contributed by atoms with Gasteiger partial charge >= 0.3 is 0 Å². The van der Waals surface area contributed by atoms with E-state index in [-0.39, 0.29) is 5.60 Å². The fraction of sp³-hybridized carbons (Fsp3) is 1.00. The van der Waals surface area contributed by atoms with Gasteiger partial charge in [-0.05, 0) is 27.3 Å². The zero-order valence-corrected chi connectivity index (χ0v) is 8.05. The average molecular weight is 157 g/mol. The van der Waals surface area contributed by atoms with E-state index in [9.17, 15) is 0 Å². The third-order valence-corrected chi connectivity index (χ3v) is 1.89. The molecular formula is C9H19NO. The van der Waals surface area contributed by atoms with Crippen molar-refractivity contribution in [2.24, 2.45) is 0 Å². The second-order valence-corrected chi connectivity index (χ2v) is 4.20. The van der Waals surface area contributed by atoms with Gasteiger partial charge in [0.2, 0.25) is 0 Å². The first-order valence-electron chi connectivity index (χ1n) is 4.41. The summed E-state index contributed by atoms with van der Waals surface area (Å²) in [5.74, 6) is 0. The lowest BCUT2D eigenvalue weighted by Crippen LogP contribution is -2.53. The maximum atomic E-state index is 5.76. The van der Waals surface area contributed by atoms with Gasteiger partial charge in [0.15, 0.2) is 0 Å². The molecule has 0 aromatic heterocycles. The number of ether oxygens (including phenoxy) is 1. The molecule has 0 bridgehead atoms. The van der Waals surface area contributed by atoms with Gasteiger partial charge in [-0.2, -0.15) is 0 Å². The van der Waals surface area contributed by atoms with Crippen LogP contribution in [0.15, 0.2) is 0 Å². The number of nitrogens with zero attached hydrogens (tertiary/aromatic N) is 1. The highest BCUT2D eigenvalue weighted by atomic mass is 16.5. The summed E-state index contributed by atoms with van der Waals surface area (Å²) >= 11 is 0. The molecular weight excluding hydrogens is 138 g/mol. The first kappa shape index (κ1) is 9.01. The largest absolute Gasteiger partial charge is 0.370 e. The van der Waals surface area contributed by atoms with Gasteiger partial charge in [0, 0.05) is 13.1 Å². The number of likely N-dealkylation sites (N-methyl/N-ethyl adjacent to an activating group) is 1. The average Bonchev–Trinajstić information content (AvgIpc) is 1.75. The topological polar surface area (TPSA) is 12.5 Å². The minimum absolute atomic E-state index is 0.0322. The highest BCUT2D eigenvalue weighted by Crippen LogP contribution is 2.18. The van der Waals surface area contributed by atoms with Crippen molar-refractivity contribution in [2.75, 3.05) is 19.6 Å². The Labute approximate surface area is 69.5 Å². The standard InChI is InChI=1S/C9H19NO/c1-5-10-6-8(7-10)11-9(2,3)4/h8H,5-7H2,1-4H3. The van der Waals surface area contributed by atoms with Crippen LogP contribution in [-0.2, 0) is 4.74 Å². The van der Waals surface area contributed by atoms with Crippen LogP contribution >= 0.6 is 0 Å². The molecule has 1 heterocycles. The van der Waals surface area contributed by atoms with Crippen molar-refractivity contribution in [1.29, 1.82) is 0 Å². The summed E-state index contributed by atoms with van der Waals surface area (Å²) in [5, 5.41) is 0. The van der Waals surface area contributed by atoms with E-state index in [4.69, 9.17) is 4.74 Å². The second-order valence-electron chi connectivity index (χ2n) is 4.20. The minimum Gasteiger partial charge on any atom is -0.370 e. The van der Waals surface area contributed by atoms with Crippen LogP contribution in [0.1, 0.15) is 27.7 Å². The molecule has 0 unspecified atom stereocenters. The van der Waals surface area contributed by atoms with Gasteiger partial charge < -0.3 is 4.74 Å². The molecule has 0 spiro atoms. The van der Waals surface area contributed by atoms with Crippen LogP contribution in [-0.4, -0.2) is 36.2 Å². The van der Waals surface area contributed by atoms with Crippen molar-refractivity contribution in [3.63, 3.8) is 0 Å². The second kappa shape index (κ2) is 3.11. The SMILES string of the molecule is CCN1CC(OC(C)(C)C)C1. The zero-order chi connectivity index (χ0) is 8.48. The molecule has 0 N–H and O–H groups in total. The Kier molecular flexibility index (Phi) is 2.55. The molecule has 1 rings (SSSR count). The van der Waals surface area contributed by atoms with E-state index in [1.54, 1.807) is 0 Å². The summed E-state index contributed by atoms with van der Waals surface area (Å²) in [4.78, 5) is 2.39. The smallest absolute Gasteiger partial charge is 0.0835 e. The van der Waals surface area contributed by atoms with Gasteiger partial charge in [-0.3, -0.25) is 4.90 Å². The molecule has 0 aliphatic carbocycles. The molecule has 0 radical (unpaired) electrons. The molecule has 2 nitrogen and oxygen atoms in total. The van der Waals surface area contributed by atoms with Crippen LogP contribution in [0.3, 0.4) is 0 Å². The molecule has 1 saturated heterocycles. The minimum atomic E-state index is 0.0322. The zero-order valence-electron chi connectivity index (χ0n) is 8.05. The van der Waals surface area contributed by atoms with Crippen LogP contribution in [0.5, 0.6) is 0 Å². The third kappa shape index (κ3) is 2.80. The number of likely N-dealkylation sites (tertiary alicyclic amines) is 1. The molecule has 1 aliphatic heterocycles. The van der Waals surface area contributed by atoms with E-state index in [0.29, 0.717) is 6.10 Å². The van der Waals surface area contributed by atoms with Crippen LogP contribution in [0, 0.1) is 0 Å². The lowest BCUT2D eigenvalue weighted by molar-refractivity contribution is -0.122. The highest BCUT2D eigenvalue weighted by Gasteiger charge is 2.29. The Morgan fingerprint density at radius 3 is 2.27 bits per heavy atom. The van der Waals surface area contributed by atoms with Gasteiger partial charge in [0.25, 0.3) is 0 Å². The van der Waals surface area contributed by atoms with Gasteiger partial charge in [-0.25, -0.2) is 0 Å². The van der Waals surface area contributed by atoms with Crippen LogP contribution in [0.2, 0.25) is 0 Å². The summed E-state index contributed by atoms with van der Waals surface area (Å²) in [6.07, 6.45) is 0.481. The van der Waals surface area contributed by atoms with Crippen molar-refractivity contribution in [3.8, 4) is 0 Å². The summed E-state index contributed by atoms with van der Waals surface area (Å²) in [6.45, 7) is 11.9. The lowest BCUT2D eigenvalue weighted by Gasteiger charge is -2.41. The van der Waals surface area contributed by atoms with Gasteiger partial charge in [-0.1, -0.05) is 6.92 Å². The Morgan fingerprint density at radius 1 is 1.36 bits per heavy atom.